The minimum absolute atomic E-state index is 0.0204. The van der Waals surface area contributed by atoms with Gasteiger partial charge < -0.3 is 9.47 Å². The van der Waals surface area contributed by atoms with E-state index in [1.54, 1.807) is 25.7 Å². The quantitative estimate of drug-likeness (QED) is 0.594. The third-order valence-electron chi connectivity index (χ3n) is 5.09. The summed E-state index contributed by atoms with van der Waals surface area (Å²) in [5, 5.41) is 0. The van der Waals surface area contributed by atoms with Crippen LogP contribution in [0.1, 0.15) is 40.0 Å². The molecule has 2 rings (SSSR count). The van der Waals surface area contributed by atoms with Gasteiger partial charge in [0.15, 0.2) is 0 Å². The standard InChI is InChI=1S/C16H22F9NO2/c1-11(2,3)27-9-12-5-4-6-26(12)8-10(7-12)28-13(14(17,18)19,15(20,21)22)16(23,24)25/h10H,4-9H2,1-3H3/t10-,12+/m1/s1. The molecule has 0 aliphatic carbocycles. The molecule has 2 fully saturated rings. The van der Waals surface area contributed by atoms with Crippen molar-refractivity contribution in [2.24, 2.45) is 0 Å². The Bertz CT molecular complexity index is 528. The number of halogens is 9. The minimum atomic E-state index is -6.72. The first-order valence-corrected chi connectivity index (χ1v) is 8.62. The van der Waals surface area contributed by atoms with E-state index < -0.39 is 54.3 Å². The molecule has 0 N–H and O–H groups in total. The fourth-order valence-electron chi connectivity index (χ4n) is 3.83. The Hall–Kier alpha value is -0.750. The molecule has 0 amide bonds. The van der Waals surface area contributed by atoms with Gasteiger partial charge in [0.2, 0.25) is 0 Å². The lowest BCUT2D eigenvalue weighted by Gasteiger charge is -2.40. The number of hydrogen-bond acceptors (Lipinski definition) is 3. The first kappa shape index (κ1) is 23.5. The van der Waals surface area contributed by atoms with Crippen LogP contribution in [-0.2, 0) is 9.47 Å². The molecule has 2 atom stereocenters. The van der Waals surface area contributed by atoms with Gasteiger partial charge in [-0.1, -0.05) is 0 Å². The SMILES string of the molecule is CC(C)(C)OC[C@@]12CCCN1C[C@H](OC(C(F)(F)F)(C(F)(F)F)C(F)(F)F)C2. The minimum Gasteiger partial charge on any atom is -0.374 e. The summed E-state index contributed by atoms with van der Waals surface area (Å²) in [6.45, 7) is 5.00. The van der Waals surface area contributed by atoms with E-state index >= 15 is 0 Å². The predicted molar refractivity (Wildman–Crippen MR) is 79.6 cm³/mol. The molecule has 0 spiro atoms. The monoisotopic (exact) mass is 431 g/mol. The maximum absolute atomic E-state index is 13.1. The second-order valence-corrected chi connectivity index (χ2v) is 8.29. The molecule has 2 aliphatic rings. The molecule has 3 nitrogen and oxygen atoms in total. The predicted octanol–water partition coefficient (Wildman–Crippen LogP) is 4.85. The van der Waals surface area contributed by atoms with Crippen molar-refractivity contribution in [2.75, 3.05) is 19.7 Å². The number of hydrogen-bond donors (Lipinski definition) is 0. The molecule has 0 aromatic rings. The second kappa shape index (κ2) is 6.90. The normalized spacial score (nSPS) is 28.1. The third-order valence-corrected chi connectivity index (χ3v) is 5.09. The van der Waals surface area contributed by atoms with Gasteiger partial charge in [0.25, 0.3) is 0 Å². The maximum atomic E-state index is 13.1. The van der Waals surface area contributed by atoms with E-state index in [0.717, 1.165) is 0 Å². The summed E-state index contributed by atoms with van der Waals surface area (Å²) in [5.41, 5.74) is -7.80. The van der Waals surface area contributed by atoms with Crippen LogP contribution >= 0.6 is 0 Å². The van der Waals surface area contributed by atoms with Crippen molar-refractivity contribution in [2.45, 2.75) is 81.4 Å². The molecule has 0 aromatic heterocycles. The molecule has 2 aliphatic heterocycles. The summed E-state index contributed by atoms with van der Waals surface area (Å²) in [5.74, 6) is 0. The highest BCUT2D eigenvalue weighted by atomic mass is 19.4. The summed E-state index contributed by atoms with van der Waals surface area (Å²) >= 11 is 0. The highest BCUT2D eigenvalue weighted by molar-refractivity contribution is 5.08. The second-order valence-electron chi connectivity index (χ2n) is 8.29. The van der Waals surface area contributed by atoms with Crippen molar-refractivity contribution in [3.63, 3.8) is 0 Å². The van der Waals surface area contributed by atoms with Crippen LogP contribution in [0.2, 0.25) is 0 Å². The smallest absolute Gasteiger partial charge is 0.374 e. The summed E-state index contributed by atoms with van der Waals surface area (Å²) in [6.07, 6.45) is -21.5. The van der Waals surface area contributed by atoms with Gasteiger partial charge in [-0.15, -0.1) is 0 Å². The van der Waals surface area contributed by atoms with Crippen LogP contribution in [-0.4, -0.2) is 66.0 Å². The largest absolute Gasteiger partial charge is 0.435 e. The molecule has 12 heteroatoms. The van der Waals surface area contributed by atoms with E-state index in [2.05, 4.69) is 4.74 Å². The van der Waals surface area contributed by atoms with E-state index in [0.29, 0.717) is 19.4 Å². The molecule has 0 saturated carbocycles. The van der Waals surface area contributed by atoms with Gasteiger partial charge in [0.1, 0.15) is 0 Å². The van der Waals surface area contributed by atoms with Crippen LogP contribution in [0, 0.1) is 0 Å². The lowest BCUT2D eigenvalue weighted by Crippen LogP contribution is -2.68. The lowest BCUT2D eigenvalue weighted by atomic mass is 9.93. The van der Waals surface area contributed by atoms with Gasteiger partial charge in [-0.05, 0) is 46.6 Å². The van der Waals surface area contributed by atoms with Gasteiger partial charge in [0.05, 0.1) is 18.3 Å². The first-order chi connectivity index (χ1) is 12.3. The zero-order valence-corrected chi connectivity index (χ0v) is 15.5. The van der Waals surface area contributed by atoms with Crippen molar-refractivity contribution < 1.29 is 49.0 Å². The van der Waals surface area contributed by atoms with Gasteiger partial charge >= 0.3 is 24.1 Å². The molecule has 0 bridgehead atoms. The average molecular weight is 431 g/mol. The summed E-state index contributed by atoms with van der Waals surface area (Å²) in [4.78, 5) is 1.57. The Balaban J connectivity index is 2.32. The molecule has 0 aromatic carbocycles. The van der Waals surface area contributed by atoms with E-state index in [1.165, 1.54) is 0 Å². The van der Waals surface area contributed by atoms with Gasteiger partial charge in [-0.3, -0.25) is 4.90 Å². The fraction of sp³-hybridized carbons (Fsp3) is 1.00. The molecule has 166 valence electrons. The van der Waals surface area contributed by atoms with Crippen molar-refractivity contribution in [1.82, 2.24) is 4.90 Å². The van der Waals surface area contributed by atoms with Crippen LogP contribution in [0.25, 0.3) is 0 Å². The molecule has 0 unspecified atom stereocenters. The summed E-state index contributed by atoms with van der Waals surface area (Å²) in [6, 6.07) is 0. The van der Waals surface area contributed by atoms with E-state index in [9.17, 15) is 39.5 Å². The van der Waals surface area contributed by atoms with E-state index in [-0.39, 0.29) is 6.61 Å². The number of nitrogens with zero attached hydrogens (tertiary/aromatic N) is 1. The summed E-state index contributed by atoms with van der Waals surface area (Å²) in [7, 11) is 0. The lowest BCUT2D eigenvalue weighted by molar-refractivity contribution is -0.463. The molecule has 2 saturated heterocycles. The molecular formula is C16H22F9NO2. The Kier molecular flexibility index (Phi) is 5.80. The zero-order chi connectivity index (χ0) is 21.8. The van der Waals surface area contributed by atoms with E-state index in [1.807, 2.05) is 0 Å². The highest BCUT2D eigenvalue weighted by Gasteiger charge is 2.86. The fourth-order valence-corrected chi connectivity index (χ4v) is 3.83. The number of ether oxygens (including phenoxy) is 2. The number of alkyl halides is 9. The van der Waals surface area contributed by atoms with Crippen molar-refractivity contribution >= 4 is 0 Å². The Morgan fingerprint density at radius 2 is 1.39 bits per heavy atom. The van der Waals surface area contributed by atoms with Crippen LogP contribution in [0.5, 0.6) is 0 Å². The Morgan fingerprint density at radius 1 is 0.893 bits per heavy atom. The van der Waals surface area contributed by atoms with Crippen molar-refractivity contribution in [1.29, 1.82) is 0 Å². The first-order valence-electron chi connectivity index (χ1n) is 8.62. The average Bonchev–Trinajstić information content (AvgIpc) is 2.94. The van der Waals surface area contributed by atoms with E-state index in [4.69, 9.17) is 4.74 Å². The maximum Gasteiger partial charge on any atom is 0.435 e. The molecular weight excluding hydrogens is 409 g/mol. The third kappa shape index (κ3) is 4.09. The zero-order valence-electron chi connectivity index (χ0n) is 15.5. The molecule has 28 heavy (non-hydrogen) atoms. The van der Waals surface area contributed by atoms with Gasteiger partial charge in [0, 0.05) is 12.1 Å². The van der Waals surface area contributed by atoms with Crippen LogP contribution in [0.15, 0.2) is 0 Å². The van der Waals surface area contributed by atoms with Crippen molar-refractivity contribution in [3.05, 3.63) is 0 Å². The van der Waals surface area contributed by atoms with Crippen LogP contribution < -0.4 is 0 Å². The number of fused-ring (bicyclic) bond motifs is 1. The Labute approximate surface area is 156 Å². The van der Waals surface area contributed by atoms with Crippen LogP contribution in [0.4, 0.5) is 39.5 Å². The highest BCUT2D eigenvalue weighted by Crippen LogP contribution is 2.56. The Morgan fingerprint density at radius 3 is 1.82 bits per heavy atom. The van der Waals surface area contributed by atoms with Gasteiger partial charge in [-0.25, -0.2) is 0 Å². The summed E-state index contributed by atoms with van der Waals surface area (Å²) < 4.78 is 128. The van der Waals surface area contributed by atoms with Crippen LogP contribution in [0.3, 0.4) is 0 Å². The number of rotatable bonds is 4. The molecule has 2 heterocycles. The topological polar surface area (TPSA) is 21.7 Å². The molecule has 0 radical (unpaired) electrons. The van der Waals surface area contributed by atoms with Crippen molar-refractivity contribution in [3.8, 4) is 0 Å². The van der Waals surface area contributed by atoms with Gasteiger partial charge in [-0.2, -0.15) is 39.5 Å².